The van der Waals surface area contributed by atoms with Crippen LogP contribution in [0, 0.1) is 20.8 Å². The molecule has 6 heteroatoms. The fourth-order valence-corrected chi connectivity index (χ4v) is 3.83. The quantitative estimate of drug-likeness (QED) is 0.634. The minimum absolute atomic E-state index is 0.0317. The maximum atomic E-state index is 12.3. The van der Waals surface area contributed by atoms with Crippen LogP contribution in [0.4, 0.5) is 0 Å². The summed E-state index contributed by atoms with van der Waals surface area (Å²) in [6.07, 6.45) is 2.94. The number of aromatic nitrogens is 3. The van der Waals surface area contributed by atoms with Gasteiger partial charge in [0.2, 0.25) is 11.0 Å². The summed E-state index contributed by atoms with van der Waals surface area (Å²) >= 11 is 1.50. The summed E-state index contributed by atoms with van der Waals surface area (Å²) in [6, 6.07) is 8.05. The Morgan fingerprint density at radius 1 is 1.30 bits per heavy atom. The number of hydrogen-bond acceptors (Lipinski definition) is 4. The van der Waals surface area contributed by atoms with Crippen molar-refractivity contribution in [1.29, 1.82) is 0 Å². The Balaban J connectivity index is 1.66. The van der Waals surface area contributed by atoms with Crippen LogP contribution in [0.15, 0.2) is 42.3 Å². The summed E-state index contributed by atoms with van der Waals surface area (Å²) in [5, 5.41) is 10.3. The molecular weight excluding hydrogens is 356 g/mol. The molecule has 3 rings (SSSR count). The molecule has 1 aromatic carbocycles. The smallest absolute Gasteiger partial charge is 0.226 e. The number of nitrogens with zero attached hydrogens (tertiary/aromatic N) is 3. The van der Waals surface area contributed by atoms with Crippen molar-refractivity contribution in [3.63, 3.8) is 0 Å². The predicted octanol–water partition coefficient (Wildman–Crippen LogP) is 3.84. The van der Waals surface area contributed by atoms with E-state index in [0.29, 0.717) is 6.54 Å². The second-order valence-electron chi connectivity index (χ2n) is 6.56. The first-order valence-corrected chi connectivity index (χ1v) is 9.79. The van der Waals surface area contributed by atoms with Gasteiger partial charge in [0.15, 0.2) is 0 Å². The maximum absolute atomic E-state index is 12.3. The van der Waals surface area contributed by atoms with Crippen LogP contribution in [0.3, 0.4) is 0 Å². The van der Waals surface area contributed by atoms with Crippen LogP contribution in [0.25, 0.3) is 5.13 Å². The average Bonchev–Trinajstić information content (AvgIpc) is 3.21. The third-order valence-electron chi connectivity index (χ3n) is 4.59. The van der Waals surface area contributed by atoms with Crippen molar-refractivity contribution < 1.29 is 4.79 Å². The van der Waals surface area contributed by atoms with Crippen LogP contribution in [0.1, 0.15) is 33.8 Å². The Labute approximate surface area is 163 Å². The Morgan fingerprint density at radius 2 is 2.07 bits per heavy atom. The van der Waals surface area contributed by atoms with E-state index < -0.39 is 0 Å². The van der Waals surface area contributed by atoms with E-state index in [9.17, 15) is 4.79 Å². The molecule has 0 unspecified atom stereocenters. The van der Waals surface area contributed by atoms with Gasteiger partial charge in [-0.15, -0.1) is 17.9 Å². The Hall–Kier alpha value is -2.73. The molecule has 0 saturated heterocycles. The van der Waals surface area contributed by atoms with Crippen LogP contribution in [-0.2, 0) is 24.2 Å². The lowest BCUT2D eigenvalue weighted by Gasteiger charge is -2.07. The van der Waals surface area contributed by atoms with Gasteiger partial charge in [-0.05, 0) is 38.3 Å². The van der Waals surface area contributed by atoms with Crippen LogP contribution in [0.2, 0.25) is 0 Å². The van der Waals surface area contributed by atoms with Crippen molar-refractivity contribution >= 4 is 17.2 Å². The molecule has 27 heavy (non-hydrogen) atoms. The molecule has 0 fully saturated rings. The highest BCUT2D eigenvalue weighted by Crippen LogP contribution is 2.21. The van der Waals surface area contributed by atoms with Crippen molar-refractivity contribution in [2.75, 3.05) is 0 Å². The molecule has 0 spiro atoms. The van der Waals surface area contributed by atoms with Crippen molar-refractivity contribution in [3.05, 3.63) is 76.1 Å². The highest BCUT2D eigenvalue weighted by molar-refractivity contribution is 7.12. The molecule has 3 aromatic rings. The molecule has 0 atom stereocenters. The normalized spacial score (nSPS) is 10.8. The van der Waals surface area contributed by atoms with Crippen LogP contribution >= 0.6 is 11.3 Å². The zero-order chi connectivity index (χ0) is 19.4. The second kappa shape index (κ2) is 8.31. The van der Waals surface area contributed by atoms with E-state index in [1.165, 1.54) is 22.5 Å². The van der Waals surface area contributed by atoms with Gasteiger partial charge in [-0.2, -0.15) is 5.10 Å². The van der Waals surface area contributed by atoms with Crippen LogP contribution < -0.4 is 5.32 Å². The number of thiazole rings is 1. The first-order chi connectivity index (χ1) is 13.0. The third-order valence-corrected chi connectivity index (χ3v) is 5.45. The topological polar surface area (TPSA) is 59.8 Å². The number of benzene rings is 1. The fourth-order valence-electron chi connectivity index (χ4n) is 3.00. The number of allylic oxidation sites excluding steroid dienone is 1. The predicted molar refractivity (Wildman–Crippen MR) is 109 cm³/mol. The van der Waals surface area contributed by atoms with Gasteiger partial charge in [0, 0.05) is 23.2 Å². The zero-order valence-electron chi connectivity index (χ0n) is 16.0. The van der Waals surface area contributed by atoms with Crippen LogP contribution in [0.5, 0.6) is 0 Å². The van der Waals surface area contributed by atoms with Gasteiger partial charge in [0.1, 0.15) is 0 Å². The molecule has 0 aliphatic rings. The first-order valence-electron chi connectivity index (χ1n) is 8.91. The number of hydrogen-bond donors (Lipinski definition) is 1. The largest absolute Gasteiger partial charge is 0.352 e. The van der Waals surface area contributed by atoms with Gasteiger partial charge in [0.25, 0.3) is 0 Å². The standard InChI is InChI=1S/C21H24N4OS/c1-5-8-19-15(3)24-25(16(19)4)21-23-18(13-27-21)11-20(26)22-12-17-10-7-6-9-14(17)2/h5-7,9-10,13H,1,8,11-12H2,2-4H3,(H,22,26). The summed E-state index contributed by atoms with van der Waals surface area (Å²) in [6.45, 7) is 10.4. The molecule has 0 bridgehead atoms. The summed E-state index contributed by atoms with van der Waals surface area (Å²) in [5.41, 5.74) is 6.29. The van der Waals surface area contributed by atoms with Gasteiger partial charge in [0.05, 0.1) is 17.8 Å². The molecule has 140 valence electrons. The minimum Gasteiger partial charge on any atom is -0.352 e. The van der Waals surface area contributed by atoms with Crippen molar-refractivity contribution in [3.8, 4) is 5.13 Å². The third kappa shape index (κ3) is 4.34. The molecule has 2 aromatic heterocycles. The Morgan fingerprint density at radius 3 is 2.81 bits per heavy atom. The van der Waals surface area contributed by atoms with E-state index >= 15 is 0 Å². The molecule has 5 nitrogen and oxygen atoms in total. The van der Waals surface area contributed by atoms with Crippen molar-refractivity contribution in [2.24, 2.45) is 0 Å². The number of nitrogens with one attached hydrogen (secondary N) is 1. The lowest BCUT2D eigenvalue weighted by atomic mass is 10.1. The number of carbonyl (C=O) groups excluding carboxylic acids is 1. The second-order valence-corrected chi connectivity index (χ2v) is 7.39. The van der Waals surface area contributed by atoms with Gasteiger partial charge in [-0.25, -0.2) is 9.67 Å². The highest BCUT2D eigenvalue weighted by Gasteiger charge is 2.15. The van der Waals surface area contributed by atoms with E-state index in [1.54, 1.807) is 0 Å². The zero-order valence-corrected chi connectivity index (χ0v) is 16.8. The van der Waals surface area contributed by atoms with Gasteiger partial charge >= 0.3 is 0 Å². The summed E-state index contributed by atoms with van der Waals surface area (Å²) in [7, 11) is 0. The van der Waals surface area contributed by atoms with E-state index in [1.807, 2.05) is 61.2 Å². The number of aryl methyl sites for hydroxylation is 2. The molecule has 0 saturated carbocycles. The number of amides is 1. The van der Waals surface area contributed by atoms with Crippen molar-refractivity contribution in [1.82, 2.24) is 20.1 Å². The monoisotopic (exact) mass is 380 g/mol. The lowest BCUT2D eigenvalue weighted by Crippen LogP contribution is -2.25. The molecule has 1 N–H and O–H groups in total. The van der Waals surface area contributed by atoms with Crippen LogP contribution in [-0.4, -0.2) is 20.7 Å². The highest BCUT2D eigenvalue weighted by atomic mass is 32.1. The molecule has 0 radical (unpaired) electrons. The first kappa shape index (κ1) is 19.0. The SMILES string of the molecule is C=CCc1c(C)nn(-c2nc(CC(=O)NCc3ccccc3C)cs2)c1C. The molecule has 0 aliphatic heterocycles. The van der Waals surface area contributed by atoms with E-state index in [2.05, 4.69) is 22.0 Å². The molecule has 2 heterocycles. The summed E-state index contributed by atoms with van der Waals surface area (Å²) < 4.78 is 1.85. The molecule has 0 aliphatic carbocycles. The summed E-state index contributed by atoms with van der Waals surface area (Å²) in [5.74, 6) is -0.0317. The Bertz CT molecular complexity index is 970. The Kier molecular flexibility index (Phi) is 5.86. The fraction of sp³-hybridized carbons (Fsp3) is 0.286. The average molecular weight is 381 g/mol. The van der Waals surface area contributed by atoms with Gasteiger partial charge in [-0.1, -0.05) is 30.3 Å². The van der Waals surface area contributed by atoms with E-state index in [-0.39, 0.29) is 12.3 Å². The minimum atomic E-state index is -0.0317. The van der Waals surface area contributed by atoms with Gasteiger partial charge < -0.3 is 5.32 Å². The summed E-state index contributed by atoms with van der Waals surface area (Å²) in [4.78, 5) is 16.9. The lowest BCUT2D eigenvalue weighted by molar-refractivity contribution is -0.120. The number of rotatable bonds is 7. The maximum Gasteiger partial charge on any atom is 0.226 e. The van der Waals surface area contributed by atoms with E-state index in [4.69, 9.17) is 0 Å². The molecular formula is C21H24N4OS. The van der Waals surface area contributed by atoms with Gasteiger partial charge in [-0.3, -0.25) is 4.79 Å². The molecule has 1 amide bonds. The number of carbonyl (C=O) groups is 1. The van der Waals surface area contributed by atoms with Crippen molar-refractivity contribution in [2.45, 2.75) is 40.2 Å². The van der Waals surface area contributed by atoms with E-state index in [0.717, 1.165) is 34.2 Å².